The van der Waals surface area contributed by atoms with Crippen molar-refractivity contribution in [1.29, 1.82) is 5.26 Å². The molecule has 13 heavy (non-hydrogen) atoms. The Morgan fingerprint density at radius 3 is 2.15 bits per heavy atom. The summed E-state index contributed by atoms with van der Waals surface area (Å²) in [5, 5.41) is 8.57. The third-order valence-electron chi connectivity index (χ3n) is 1.68. The van der Waals surface area contributed by atoms with E-state index >= 15 is 0 Å². The Kier molecular flexibility index (Phi) is 2.20. The molecule has 0 saturated carbocycles. The van der Waals surface area contributed by atoms with Crippen LogP contribution in [0.3, 0.4) is 0 Å². The molecule has 0 aliphatic heterocycles. The first-order chi connectivity index (χ1) is 6.06. The molecule has 0 aliphatic rings. The summed E-state index contributed by atoms with van der Waals surface area (Å²) in [4.78, 5) is 11.0. The van der Waals surface area contributed by atoms with Crippen LogP contribution in [-0.2, 0) is 0 Å². The number of hydrogen-bond donors (Lipinski definition) is 2. The van der Waals surface area contributed by atoms with Gasteiger partial charge in [-0.3, -0.25) is 4.79 Å². The second-order valence-corrected chi connectivity index (χ2v) is 2.70. The van der Waals surface area contributed by atoms with Gasteiger partial charge in [0.05, 0.1) is 17.2 Å². The number of nitrogen functional groups attached to an aromatic ring is 2. The van der Waals surface area contributed by atoms with Gasteiger partial charge in [-0.15, -0.1) is 0 Å². The van der Waals surface area contributed by atoms with E-state index in [0.717, 1.165) is 0 Å². The second-order valence-electron chi connectivity index (χ2n) is 2.70. The van der Waals surface area contributed by atoms with E-state index in [1.54, 1.807) is 0 Å². The Balaban J connectivity index is 3.42. The van der Waals surface area contributed by atoms with Crippen molar-refractivity contribution in [2.24, 2.45) is 0 Å². The first-order valence-electron chi connectivity index (χ1n) is 3.66. The number of hydrogen-bond acceptors (Lipinski definition) is 4. The summed E-state index contributed by atoms with van der Waals surface area (Å²) < 4.78 is 0. The molecule has 4 heteroatoms. The minimum Gasteiger partial charge on any atom is -0.398 e. The van der Waals surface area contributed by atoms with Crippen molar-refractivity contribution in [3.8, 4) is 6.07 Å². The number of carbonyl (C=O) groups is 1. The molecule has 4 nitrogen and oxygen atoms in total. The van der Waals surface area contributed by atoms with Crippen LogP contribution in [0.4, 0.5) is 11.4 Å². The number of rotatable bonds is 1. The van der Waals surface area contributed by atoms with Crippen LogP contribution in [-0.4, -0.2) is 5.78 Å². The van der Waals surface area contributed by atoms with Crippen molar-refractivity contribution >= 4 is 17.2 Å². The normalized spacial score (nSPS) is 9.23. The first-order valence-corrected chi connectivity index (χ1v) is 3.66. The van der Waals surface area contributed by atoms with Gasteiger partial charge in [-0.2, -0.15) is 5.26 Å². The van der Waals surface area contributed by atoms with E-state index in [4.69, 9.17) is 16.7 Å². The Morgan fingerprint density at radius 1 is 1.38 bits per heavy atom. The van der Waals surface area contributed by atoms with Crippen LogP contribution >= 0.6 is 0 Å². The number of anilines is 2. The molecule has 0 saturated heterocycles. The van der Waals surface area contributed by atoms with Crippen LogP contribution in [0, 0.1) is 11.3 Å². The molecule has 66 valence electrons. The smallest absolute Gasteiger partial charge is 0.163 e. The average molecular weight is 175 g/mol. The molecule has 0 heterocycles. The van der Waals surface area contributed by atoms with Crippen LogP contribution < -0.4 is 11.5 Å². The fourth-order valence-electron chi connectivity index (χ4n) is 1.16. The third-order valence-corrected chi connectivity index (χ3v) is 1.68. The van der Waals surface area contributed by atoms with Gasteiger partial charge >= 0.3 is 0 Å². The quantitative estimate of drug-likeness (QED) is 0.490. The Labute approximate surface area is 75.8 Å². The van der Waals surface area contributed by atoms with Crippen molar-refractivity contribution in [1.82, 2.24) is 0 Å². The molecule has 0 aromatic heterocycles. The minimum absolute atomic E-state index is 0.195. The lowest BCUT2D eigenvalue weighted by Gasteiger charge is -2.05. The van der Waals surface area contributed by atoms with E-state index in [1.807, 2.05) is 6.07 Å². The zero-order chi connectivity index (χ0) is 10.0. The van der Waals surface area contributed by atoms with Crippen molar-refractivity contribution in [3.63, 3.8) is 0 Å². The van der Waals surface area contributed by atoms with Gasteiger partial charge < -0.3 is 11.5 Å². The van der Waals surface area contributed by atoms with Crippen LogP contribution in [0.2, 0.25) is 0 Å². The summed E-state index contributed by atoms with van der Waals surface area (Å²) in [6, 6.07) is 4.78. The van der Waals surface area contributed by atoms with Crippen LogP contribution in [0.15, 0.2) is 12.1 Å². The van der Waals surface area contributed by atoms with E-state index in [9.17, 15) is 4.79 Å². The Bertz CT molecular complexity index is 381. The lowest BCUT2D eigenvalue weighted by molar-refractivity contribution is 0.101. The lowest BCUT2D eigenvalue weighted by Crippen LogP contribution is -2.05. The van der Waals surface area contributed by atoms with Crippen LogP contribution in [0.25, 0.3) is 0 Å². The van der Waals surface area contributed by atoms with Gasteiger partial charge in [0.15, 0.2) is 5.78 Å². The molecule has 4 N–H and O–H groups in total. The zero-order valence-electron chi connectivity index (χ0n) is 7.16. The molecule has 1 rings (SSSR count). The van der Waals surface area contributed by atoms with Gasteiger partial charge in [-0.05, 0) is 19.1 Å². The van der Waals surface area contributed by atoms with Gasteiger partial charge in [0.1, 0.15) is 0 Å². The van der Waals surface area contributed by atoms with Gasteiger partial charge in [-0.25, -0.2) is 0 Å². The number of Topliss-reactive ketones (excluding diaryl/α,β-unsaturated/α-hetero) is 1. The highest BCUT2D eigenvalue weighted by Gasteiger charge is 2.10. The predicted molar refractivity (Wildman–Crippen MR) is 50.0 cm³/mol. The van der Waals surface area contributed by atoms with E-state index in [-0.39, 0.29) is 17.2 Å². The van der Waals surface area contributed by atoms with Gasteiger partial charge in [0.2, 0.25) is 0 Å². The van der Waals surface area contributed by atoms with Crippen molar-refractivity contribution < 1.29 is 4.79 Å². The van der Waals surface area contributed by atoms with Gasteiger partial charge in [-0.1, -0.05) is 0 Å². The summed E-state index contributed by atoms with van der Waals surface area (Å²) in [5.41, 5.74) is 12.3. The minimum atomic E-state index is -0.195. The molecule has 1 aromatic carbocycles. The highest BCUT2D eigenvalue weighted by Crippen LogP contribution is 2.21. The van der Waals surface area contributed by atoms with E-state index in [0.29, 0.717) is 11.1 Å². The summed E-state index contributed by atoms with van der Waals surface area (Å²) in [7, 11) is 0. The second kappa shape index (κ2) is 3.15. The number of ketones is 1. The topological polar surface area (TPSA) is 92.9 Å². The monoisotopic (exact) mass is 175 g/mol. The molecule has 1 aromatic rings. The fourth-order valence-corrected chi connectivity index (χ4v) is 1.16. The summed E-state index contributed by atoms with van der Waals surface area (Å²) in [5.74, 6) is -0.195. The molecule has 0 unspecified atom stereocenters. The van der Waals surface area contributed by atoms with Crippen LogP contribution in [0.5, 0.6) is 0 Å². The number of benzene rings is 1. The van der Waals surface area contributed by atoms with E-state index in [2.05, 4.69) is 0 Å². The molecule has 0 bridgehead atoms. The highest BCUT2D eigenvalue weighted by molar-refractivity contribution is 6.04. The summed E-state index contributed by atoms with van der Waals surface area (Å²) >= 11 is 0. The van der Waals surface area contributed by atoms with Gasteiger partial charge in [0, 0.05) is 11.4 Å². The standard InChI is InChI=1S/C9H9N3O/c1-5(13)9-7(11)2-6(4-10)3-8(9)12/h2-3H,11-12H2,1H3. The first kappa shape index (κ1) is 9.07. The maximum Gasteiger partial charge on any atom is 0.163 e. The van der Waals surface area contributed by atoms with Crippen LogP contribution in [0.1, 0.15) is 22.8 Å². The molecule has 0 spiro atoms. The predicted octanol–water partition coefficient (Wildman–Crippen LogP) is 0.925. The maximum absolute atomic E-state index is 11.0. The number of carbonyl (C=O) groups excluding carboxylic acids is 1. The van der Waals surface area contributed by atoms with E-state index < -0.39 is 0 Å². The summed E-state index contributed by atoms with van der Waals surface area (Å²) in [6.07, 6.45) is 0. The lowest BCUT2D eigenvalue weighted by atomic mass is 10.0. The largest absolute Gasteiger partial charge is 0.398 e. The Hall–Kier alpha value is -2.02. The zero-order valence-corrected chi connectivity index (χ0v) is 7.16. The SMILES string of the molecule is CC(=O)c1c(N)cc(C#N)cc1N. The number of nitriles is 1. The maximum atomic E-state index is 11.0. The third kappa shape index (κ3) is 1.59. The number of nitrogens with zero attached hydrogens (tertiary/aromatic N) is 1. The fraction of sp³-hybridized carbons (Fsp3) is 0.111. The van der Waals surface area contributed by atoms with Gasteiger partial charge in [0.25, 0.3) is 0 Å². The molecular formula is C9H9N3O. The Morgan fingerprint density at radius 2 is 1.85 bits per heavy atom. The average Bonchev–Trinajstić information content (AvgIpc) is 2.02. The van der Waals surface area contributed by atoms with E-state index in [1.165, 1.54) is 19.1 Å². The molecule has 0 radical (unpaired) electrons. The molecule has 0 amide bonds. The van der Waals surface area contributed by atoms with Crippen molar-refractivity contribution in [3.05, 3.63) is 23.3 Å². The van der Waals surface area contributed by atoms with Crippen molar-refractivity contribution in [2.75, 3.05) is 11.5 Å². The number of nitrogens with two attached hydrogens (primary N) is 2. The highest BCUT2D eigenvalue weighted by atomic mass is 16.1. The molecule has 0 fully saturated rings. The molecule has 0 atom stereocenters. The van der Waals surface area contributed by atoms with Crippen molar-refractivity contribution in [2.45, 2.75) is 6.92 Å². The molecular weight excluding hydrogens is 166 g/mol. The molecule has 0 aliphatic carbocycles. The summed E-state index contributed by atoms with van der Waals surface area (Å²) in [6.45, 7) is 1.38.